The Hall–Kier alpha value is -4.28. The molecule has 0 aliphatic heterocycles. The van der Waals surface area contributed by atoms with E-state index in [1.165, 1.54) is 21.1 Å². The number of para-hydroxylation sites is 1. The van der Waals surface area contributed by atoms with Crippen LogP contribution in [0, 0.1) is 12.7 Å². The number of halogens is 1. The molecule has 0 bridgehead atoms. The number of carbonyl (C=O) groups is 2. The summed E-state index contributed by atoms with van der Waals surface area (Å²) in [7, 11) is 0. The topological polar surface area (TPSA) is 120 Å². The molecular formula is C25H27FN6O4. The molecule has 11 heteroatoms. The molecule has 0 radical (unpaired) electrons. The Labute approximate surface area is 205 Å². The van der Waals surface area contributed by atoms with Crippen molar-refractivity contribution in [2.45, 2.75) is 52.7 Å². The summed E-state index contributed by atoms with van der Waals surface area (Å²) in [5.74, 6) is -1.26. The fraction of sp³-hybridized carbons (Fsp3) is 0.320. The summed E-state index contributed by atoms with van der Waals surface area (Å²) in [4.78, 5) is 51.4. The van der Waals surface area contributed by atoms with Gasteiger partial charge in [0.1, 0.15) is 12.4 Å². The molecule has 0 saturated heterocycles. The van der Waals surface area contributed by atoms with Crippen LogP contribution in [0.4, 0.5) is 10.1 Å². The van der Waals surface area contributed by atoms with E-state index in [4.69, 9.17) is 0 Å². The number of aromatic nitrogens is 4. The normalized spacial score (nSPS) is 12.1. The highest BCUT2D eigenvalue weighted by Crippen LogP contribution is 2.14. The Morgan fingerprint density at radius 3 is 2.58 bits per heavy atom. The maximum Gasteiger partial charge on any atom is 0.352 e. The summed E-state index contributed by atoms with van der Waals surface area (Å²) in [6.45, 7) is 4.99. The number of aryl methyl sites for hydroxylation is 2. The lowest BCUT2D eigenvalue weighted by molar-refractivity contribution is -0.122. The summed E-state index contributed by atoms with van der Waals surface area (Å²) in [6, 6.07) is 10.8. The van der Waals surface area contributed by atoms with Gasteiger partial charge in [-0.05, 0) is 50.1 Å². The van der Waals surface area contributed by atoms with Crippen molar-refractivity contribution in [2.24, 2.45) is 0 Å². The van der Waals surface area contributed by atoms with Gasteiger partial charge in [-0.1, -0.05) is 25.1 Å². The predicted octanol–water partition coefficient (Wildman–Crippen LogP) is 2.20. The van der Waals surface area contributed by atoms with E-state index < -0.39 is 29.5 Å². The number of rotatable bonds is 8. The number of hydrogen-bond donors (Lipinski definition) is 2. The molecule has 4 aromatic rings. The summed E-state index contributed by atoms with van der Waals surface area (Å²) in [5.41, 5.74) is 0.00679. The van der Waals surface area contributed by atoms with Gasteiger partial charge in [-0.15, -0.1) is 5.10 Å². The highest BCUT2D eigenvalue weighted by Gasteiger charge is 2.19. The molecule has 0 aliphatic rings. The molecule has 10 nitrogen and oxygen atoms in total. The molecule has 2 N–H and O–H groups in total. The van der Waals surface area contributed by atoms with Crippen LogP contribution in [0.25, 0.3) is 16.7 Å². The molecule has 36 heavy (non-hydrogen) atoms. The molecule has 2 aromatic carbocycles. The number of fused-ring (bicyclic) bond motifs is 3. The van der Waals surface area contributed by atoms with Gasteiger partial charge in [-0.25, -0.2) is 18.3 Å². The van der Waals surface area contributed by atoms with Crippen LogP contribution in [0.1, 0.15) is 32.3 Å². The van der Waals surface area contributed by atoms with Gasteiger partial charge in [-0.2, -0.15) is 0 Å². The largest absolute Gasteiger partial charge is 0.354 e. The van der Waals surface area contributed by atoms with E-state index in [1.807, 2.05) is 13.8 Å². The average Bonchev–Trinajstić information content (AvgIpc) is 3.16. The van der Waals surface area contributed by atoms with Crippen LogP contribution in [0.3, 0.4) is 0 Å². The number of nitrogens with one attached hydrogen (secondary N) is 2. The maximum absolute atomic E-state index is 13.8. The third kappa shape index (κ3) is 4.90. The SMILES string of the molecule is CCC(C)NC(=O)CCn1c(=O)c2ccccc2n2c(=O)n(CC(=O)Nc3ccc(C)c(F)c3)nc12. The minimum atomic E-state index is -0.621. The van der Waals surface area contributed by atoms with Crippen molar-refractivity contribution in [1.29, 1.82) is 0 Å². The van der Waals surface area contributed by atoms with Gasteiger partial charge in [0.15, 0.2) is 0 Å². The van der Waals surface area contributed by atoms with Crippen molar-refractivity contribution >= 4 is 34.2 Å². The number of nitrogens with zero attached hydrogens (tertiary/aromatic N) is 4. The van der Waals surface area contributed by atoms with Crippen molar-refractivity contribution in [3.63, 3.8) is 0 Å². The molecule has 4 rings (SSSR count). The van der Waals surface area contributed by atoms with Crippen LogP contribution < -0.4 is 21.9 Å². The van der Waals surface area contributed by atoms with Crippen LogP contribution in [0.2, 0.25) is 0 Å². The molecular weight excluding hydrogens is 467 g/mol. The fourth-order valence-corrected chi connectivity index (χ4v) is 3.84. The highest BCUT2D eigenvalue weighted by molar-refractivity contribution is 5.90. The van der Waals surface area contributed by atoms with Crippen LogP contribution in [-0.4, -0.2) is 36.6 Å². The first-order valence-corrected chi connectivity index (χ1v) is 11.7. The second-order valence-electron chi connectivity index (χ2n) is 8.69. The van der Waals surface area contributed by atoms with Gasteiger partial charge in [-0.3, -0.25) is 19.0 Å². The molecule has 1 unspecified atom stereocenters. The summed E-state index contributed by atoms with van der Waals surface area (Å²) in [5, 5.41) is 9.94. The monoisotopic (exact) mass is 494 g/mol. The van der Waals surface area contributed by atoms with Gasteiger partial charge >= 0.3 is 5.69 Å². The zero-order chi connectivity index (χ0) is 26.0. The van der Waals surface area contributed by atoms with E-state index in [0.717, 1.165) is 11.1 Å². The van der Waals surface area contributed by atoms with Crippen molar-refractivity contribution in [3.05, 3.63) is 74.7 Å². The number of hydrogen-bond acceptors (Lipinski definition) is 5. The molecule has 2 amide bonds. The van der Waals surface area contributed by atoms with E-state index >= 15 is 0 Å². The van der Waals surface area contributed by atoms with Gasteiger partial charge in [0.2, 0.25) is 17.6 Å². The second kappa shape index (κ2) is 10.1. The zero-order valence-corrected chi connectivity index (χ0v) is 20.2. The fourth-order valence-electron chi connectivity index (χ4n) is 3.84. The van der Waals surface area contributed by atoms with E-state index in [-0.39, 0.29) is 41.8 Å². The summed E-state index contributed by atoms with van der Waals surface area (Å²) in [6.07, 6.45) is 0.780. The molecule has 0 fully saturated rings. The van der Waals surface area contributed by atoms with Gasteiger partial charge in [0, 0.05) is 24.7 Å². The Morgan fingerprint density at radius 2 is 1.86 bits per heavy atom. The number of amides is 2. The molecule has 2 heterocycles. The van der Waals surface area contributed by atoms with Gasteiger partial charge in [0.25, 0.3) is 5.56 Å². The zero-order valence-electron chi connectivity index (χ0n) is 20.2. The third-order valence-electron chi connectivity index (χ3n) is 6.02. The number of carbonyl (C=O) groups excluding carboxylic acids is 2. The minimum absolute atomic E-state index is 0.000723. The first-order valence-electron chi connectivity index (χ1n) is 11.7. The lowest BCUT2D eigenvalue weighted by atomic mass is 10.2. The van der Waals surface area contributed by atoms with Crippen molar-refractivity contribution in [3.8, 4) is 0 Å². The minimum Gasteiger partial charge on any atom is -0.354 e. The standard InChI is InChI=1S/C25H27FN6O4/c1-4-16(3)27-21(33)11-12-30-23(35)18-7-5-6-8-20(18)32-24(30)29-31(25(32)36)14-22(34)28-17-10-9-15(2)19(26)13-17/h5-10,13,16H,4,11-12,14H2,1-3H3,(H,27,33)(H,28,34). The quantitative estimate of drug-likeness (QED) is 0.389. The molecule has 2 aromatic heterocycles. The Bertz CT molecular complexity index is 1590. The maximum atomic E-state index is 13.8. The first kappa shape index (κ1) is 24.8. The smallest absolute Gasteiger partial charge is 0.352 e. The average molecular weight is 495 g/mol. The molecule has 0 spiro atoms. The molecule has 1 atom stereocenters. The molecule has 0 saturated carbocycles. The van der Waals surface area contributed by atoms with E-state index in [2.05, 4.69) is 15.7 Å². The Kier molecular flexibility index (Phi) is 7.00. The predicted molar refractivity (Wildman–Crippen MR) is 133 cm³/mol. The van der Waals surface area contributed by atoms with Crippen LogP contribution in [0.5, 0.6) is 0 Å². The first-order chi connectivity index (χ1) is 17.2. The summed E-state index contributed by atoms with van der Waals surface area (Å²) >= 11 is 0. The highest BCUT2D eigenvalue weighted by atomic mass is 19.1. The lowest BCUT2D eigenvalue weighted by Crippen LogP contribution is -2.34. The number of anilines is 1. The second-order valence-corrected chi connectivity index (χ2v) is 8.69. The van der Waals surface area contributed by atoms with E-state index in [9.17, 15) is 23.6 Å². The van der Waals surface area contributed by atoms with E-state index in [0.29, 0.717) is 11.1 Å². The van der Waals surface area contributed by atoms with Crippen LogP contribution in [0.15, 0.2) is 52.1 Å². The Balaban J connectivity index is 1.70. The van der Waals surface area contributed by atoms with Crippen LogP contribution >= 0.6 is 0 Å². The van der Waals surface area contributed by atoms with Crippen molar-refractivity contribution in [1.82, 2.24) is 24.1 Å². The van der Waals surface area contributed by atoms with Crippen LogP contribution in [-0.2, 0) is 22.7 Å². The lowest BCUT2D eigenvalue weighted by Gasteiger charge is -2.12. The number of benzene rings is 2. The van der Waals surface area contributed by atoms with Crippen molar-refractivity contribution < 1.29 is 14.0 Å². The molecule has 0 aliphatic carbocycles. The van der Waals surface area contributed by atoms with Crippen molar-refractivity contribution in [2.75, 3.05) is 5.32 Å². The van der Waals surface area contributed by atoms with E-state index in [1.54, 1.807) is 37.3 Å². The molecule has 188 valence electrons. The van der Waals surface area contributed by atoms with Gasteiger partial charge < -0.3 is 10.6 Å². The third-order valence-corrected chi connectivity index (χ3v) is 6.02. The Morgan fingerprint density at radius 1 is 1.11 bits per heavy atom. The van der Waals surface area contributed by atoms with Gasteiger partial charge in [0.05, 0.1) is 10.9 Å². The summed E-state index contributed by atoms with van der Waals surface area (Å²) < 4.78 is 17.3.